The number of benzene rings is 7. The standard InChI is InChI=1S/C42H25NO2/c1-4-13-37-31(10-1)34-23-27(29-18-21-42-36(25-29)33-12-3-6-15-40(33)45-42)16-19-38(34)43(37)30-9-7-8-26(22-30)28-17-20-41-35(24-28)32-11-2-5-14-39(32)44-41/h1-25H. The summed E-state index contributed by atoms with van der Waals surface area (Å²) in [5, 5.41) is 7.04. The Morgan fingerprint density at radius 3 is 1.47 bits per heavy atom. The monoisotopic (exact) mass is 575 g/mol. The van der Waals surface area contributed by atoms with Crippen molar-refractivity contribution in [3.05, 3.63) is 152 Å². The van der Waals surface area contributed by atoms with E-state index in [1.807, 2.05) is 24.3 Å². The van der Waals surface area contributed by atoms with Crippen LogP contribution in [0.2, 0.25) is 0 Å². The van der Waals surface area contributed by atoms with Crippen molar-refractivity contribution in [2.24, 2.45) is 0 Å². The van der Waals surface area contributed by atoms with Crippen LogP contribution in [-0.2, 0) is 0 Å². The summed E-state index contributed by atoms with van der Waals surface area (Å²) >= 11 is 0. The smallest absolute Gasteiger partial charge is 0.135 e. The molecule has 0 N–H and O–H groups in total. The van der Waals surface area contributed by atoms with Crippen LogP contribution in [0.15, 0.2) is 160 Å². The van der Waals surface area contributed by atoms with Crippen molar-refractivity contribution in [1.82, 2.24) is 4.57 Å². The molecule has 0 saturated heterocycles. The second-order valence-electron chi connectivity index (χ2n) is 11.8. The van der Waals surface area contributed by atoms with E-state index < -0.39 is 0 Å². The van der Waals surface area contributed by atoms with Crippen molar-refractivity contribution in [2.75, 3.05) is 0 Å². The Kier molecular flexibility index (Phi) is 5.00. The summed E-state index contributed by atoms with van der Waals surface area (Å²) in [6.45, 7) is 0. The Bertz CT molecular complexity index is 2770. The maximum atomic E-state index is 6.09. The second-order valence-corrected chi connectivity index (χ2v) is 11.8. The molecule has 0 fully saturated rings. The first-order valence-electron chi connectivity index (χ1n) is 15.3. The fourth-order valence-electron chi connectivity index (χ4n) is 7.07. The van der Waals surface area contributed by atoms with Crippen LogP contribution in [0.5, 0.6) is 0 Å². The van der Waals surface area contributed by atoms with E-state index in [9.17, 15) is 0 Å². The fourth-order valence-corrected chi connectivity index (χ4v) is 7.07. The molecule has 0 radical (unpaired) electrons. The minimum atomic E-state index is 0.911. The van der Waals surface area contributed by atoms with Gasteiger partial charge in [0.2, 0.25) is 0 Å². The summed E-state index contributed by atoms with van der Waals surface area (Å²) in [4.78, 5) is 0. The highest BCUT2D eigenvalue weighted by atomic mass is 16.3. The lowest BCUT2D eigenvalue weighted by atomic mass is 10.0. The minimum absolute atomic E-state index is 0.911. The third kappa shape index (κ3) is 3.65. The second kappa shape index (κ2) is 9.22. The number of nitrogens with zero attached hydrogens (tertiary/aromatic N) is 1. The number of rotatable bonds is 3. The van der Waals surface area contributed by atoms with Gasteiger partial charge in [0, 0.05) is 38.0 Å². The first-order chi connectivity index (χ1) is 22.3. The summed E-state index contributed by atoms with van der Waals surface area (Å²) < 4.78 is 14.6. The SMILES string of the molecule is c1cc(-c2ccc3oc4ccccc4c3c2)cc(-n2c3ccccc3c3cc(-c4ccc5oc6ccccc6c5c4)ccc32)c1. The molecule has 0 bridgehead atoms. The molecule has 0 saturated carbocycles. The average molecular weight is 576 g/mol. The summed E-state index contributed by atoms with van der Waals surface area (Å²) in [6, 6.07) is 53.9. The van der Waals surface area contributed by atoms with Crippen LogP contribution in [0.25, 0.3) is 93.6 Å². The van der Waals surface area contributed by atoms with Gasteiger partial charge in [-0.2, -0.15) is 0 Å². The molecule has 10 aromatic rings. The molecule has 3 heterocycles. The van der Waals surface area contributed by atoms with Gasteiger partial charge in [-0.1, -0.05) is 84.9 Å². The molecule has 0 amide bonds. The van der Waals surface area contributed by atoms with Gasteiger partial charge < -0.3 is 13.4 Å². The molecular formula is C42H25NO2. The molecule has 0 spiro atoms. The Hall–Kier alpha value is -6.06. The van der Waals surface area contributed by atoms with Crippen molar-refractivity contribution in [2.45, 2.75) is 0 Å². The molecule has 3 nitrogen and oxygen atoms in total. The van der Waals surface area contributed by atoms with E-state index in [1.165, 1.54) is 44.1 Å². The third-order valence-electron chi connectivity index (χ3n) is 9.20. The molecule has 0 aliphatic carbocycles. The maximum Gasteiger partial charge on any atom is 0.135 e. The summed E-state index contributed by atoms with van der Waals surface area (Å²) in [5.74, 6) is 0. The van der Waals surface area contributed by atoms with Gasteiger partial charge in [-0.15, -0.1) is 0 Å². The molecule has 0 aliphatic rings. The molecular weight excluding hydrogens is 550 g/mol. The highest BCUT2D eigenvalue weighted by Crippen LogP contribution is 2.38. The number of para-hydroxylation sites is 3. The number of hydrogen-bond acceptors (Lipinski definition) is 2. The molecule has 3 aromatic heterocycles. The first-order valence-corrected chi connectivity index (χ1v) is 15.3. The van der Waals surface area contributed by atoms with Gasteiger partial charge in [0.1, 0.15) is 22.3 Å². The zero-order valence-corrected chi connectivity index (χ0v) is 24.2. The molecule has 0 unspecified atom stereocenters. The van der Waals surface area contributed by atoms with Crippen LogP contribution < -0.4 is 0 Å². The highest BCUT2D eigenvalue weighted by molar-refractivity contribution is 6.11. The quantitative estimate of drug-likeness (QED) is 0.210. The van der Waals surface area contributed by atoms with Gasteiger partial charge in [0.25, 0.3) is 0 Å². The van der Waals surface area contributed by atoms with Gasteiger partial charge in [-0.05, 0) is 89.0 Å². The zero-order chi connectivity index (χ0) is 29.5. The van der Waals surface area contributed by atoms with Crippen LogP contribution in [0.1, 0.15) is 0 Å². The van der Waals surface area contributed by atoms with E-state index in [0.717, 1.165) is 49.6 Å². The third-order valence-corrected chi connectivity index (χ3v) is 9.20. The number of hydrogen-bond donors (Lipinski definition) is 0. The lowest BCUT2D eigenvalue weighted by Crippen LogP contribution is -1.94. The molecule has 0 aliphatic heterocycles. The Morgan fingerprint density at radius 1 is 0.311 bits per heavy atom. The first kappa shape index (κ1) is 24.4. The van der Waals surface area contributed by atoms with E-state index in [0.29, 0.717) is 0 Å². The van der Waals surface area contributed by atoms with Gasteiger partial charge in [0.05, 0.1) is 11.0 Å². The van der Waals surface area contributed by atoms with Crippen LogP contribution in [0.4, 0.5) is 0 Å². The lowest BCUT2D eigenvalue weighted by molar-refractivity contribution is 0.668. The van der Waals surface area contributed by atoms with Crippen LogP contribution in [0.3, 0.4) is 0 Å². The molecule has 7 aromatic carbocycles. The molecule has 3 heteroatoms. The Balaban J connectivity index is 1.13. The fraction of sp³-hybridized carbons (Fsp3) is 0. The highest BCUT2D eigenvalue weighted by Gasteiger charge is 2.15. The van der Waals surface area contributed by atoms with Crippen molar-refractivity contribution >= 4 is 65.7 Å². The Morgan fingerprint density at radius 2 is 0.800 bits per heavy atom. The summed E-state index contributed by atoms with van der Waals surface area (Å²) in [7, 11) is 0. The van der Waals surface area contributed by atoms with Crippen molar-refractivity contribution < 1.29 is 8.83 Å². The zero-order valence-electron chi connectivity index (χ0n) is 24.2. The van der Waals surface area contributed by atoms with Gasteiger partial charge in [-0.25, -0.2) is 0 Å². The summed E-state index contributed by atoms with van der Waals surface area (Å²) in [5.41, 5.74) is 11.9. The van der Waals surface area contributed by atoms with E-state index in [2.05, 4.69) is 132 Å². The normalized spacial score (nSPS) is 12.0. The van der Waals surface area contributed by atoms with Gasteiger partial charge >= 0.3 is 0 Å². The predicted octanol–water partition coefficient (Wildman–Crippen LogP) is 11.9. The van der Waals surface area contributed by atoms with E-state index >= 15 is 0 Å². The summed E-state index contributed by atoms with van der Waals surface area (Å²) in [6.07, 6.45) is 0. The van der Waals surface area contributed by atoms with E-state index in [-0.39, 0.29) is 0 Å². The maximum absolute atomic E-state index is 6.09. The molecule has 45 heavy (non-hydrogen) atoms. The van der Waals surface area contributed by atoms with Crippen LogP contribution >= 0.6 is 0 Å². The topological polar surface area (TPSA) is 31.2 Å². The van der Waals surface area contributed by atoms with Gasteiger partial charge in [-0.3, -0.25) is 0 Å². The minimum Gasteiger partial charge on any atom is -0.456 e. The predicted molar refractivity (Wildman–Crippen MR) is 186 cm³/mol. The Labute approximate surface area is 258 Å². The lowest BCUT2D eigenvalue weighted by Gasteiger charge is -2.11. The molecule has 210 valence electrons. The number of furan rings is 2. The van der Waals surface area contributed by atoms with Crippen molar-refractivity contribution in [3.8, 4) is 27.9 Å². The van der Waals surface area contributed by atoms with E-state index in [4.69, 9.17) is 8.83 Å². The number of aromatic nitrogens is 1. The van der Waals surface area contributed by atoms with Crippen molar-refractivity contribution in [1.29, 1.82) is 0 Å². The molecule has 10 rings (SSSR count). The molecule has 0 atom stereocenters. The van der Waals surface area contributed by atoms with Crippen molar-refractivity contribution in [3.63, 3.8) is 0 Å². The van der Waals surface area contributed by atoms with E-state index in [1.54, 1.807) is 0 Å². The van der Waals surface area contributed by atoms with Gasteiger partial charge in [0.15, 0.2) is 0 Å². The van der Waals surface area contributed by atoms with Crippen LogP contribution in [-0.4, -0.2) is 4.57 Å². The van der Waals surface area contributed by atoms with Crippen LogP contribution in [0, 0.1) is 0 Å². The number of fused-ring (bicyclic) bond motifs is 9. The average Bonchev–Trinajstić information content (AvgIpc) is 3.77. The largest absolute Gasteiger partial charge is 0.456 e.